The van der Waals surface area contributed by atoms with Crippen molar-refractivity contribution in [2.24, 2.45) is 5.73 Å². The highest BCUT2D eigenvalue weighted by Gasteiger charge is 2.17. The number of nitrogens with one attached hydrogen (secondary N) is 1. The lowest BCUT2D eigenvalue weighted by Gasteiger charge is -2.26. The standard InChI is InChI=1S/C13H20N2OS/c1-17-12-4-2-10(3-5-12)13(14)8-11-9-15-6-7-16-11/h2-5,11,13,15H,6-9,14H2,1H3. The van der Waals surface area contributed by atoms with E-state index in [0.29, 0.717) is 0 Å². The van der Waals surface area contributed by atoms with E-state index in [4.69, 9.17) is 10.5 Å². The Morgan fingerprint density at radius 2 is 2.24 bits per heavy atom. The van der Waals surface area contributed by atoms with Crippen LogP contribution in [0.1, 0.15) is 18.0 Å². The summed E-state index contributed by atoms with van der Waals surface area (Å²) < 4.78 is 5.67. The van der Waals surface area contributed by atoms with E-state index in [1.165, 1.54) is 10.5 Å². The van der Waals surface area contributed by atoms with Gasteiger partial charge in [-0.05, 0) is 30.4 Å². The molecule has 2 atom stereocenters. The lowest BCUT2D eigenvalue weighted by molar-refractivity contribution is 0.0195. The maximum absolute atomic E-state index is 6.20. The van der Waals surface area contributed by atoms with Gasteiger partial charge in [0.25, 0.3) is 0 Å². The minimum Gasteiger partial charge on any atom is -0.376 e. The molecule has 0 bridgehead atoms. The molecule has 2 rings (SSSR count). The Labute approximate surface area is 107 Å². The minimum absolute atomic E-state index is 0.0656. The van der Waals surface area contributed by atoms with Crippen LogP contribution in [0.4, 0.5) is 0 Å². The molecule has 1 aromatic rings. The largest absolute Gasteiger partial charge is 0.376 e. The van der Waals surface area contributed by atoms with Gasteiger partial charge in [0.15, 0.2) is 0 Å². The van der Waals surface area contributed by atoms with E-state index in [1.807, 2.05) is 0 Å². The minimum atomic E-state index is 0.0656. The van der Waals surface area contributed by atoms with Crippen LogP contribution < -0.4 is 11.1 Å². The quantitative estimate of drug-likeness (QED) is 0.802. The van der Waals surface area contributed by atoms with Gasteiger partial charge in [0.05, 0.1) is 12.7 Å². The molecule has 1 saturated heterocycles. The summed E-state index contributed by atoms with van der Waals surface area (Å²) in [6.45, 7) is 2.66. The van der Waals surface area contributed by atoms with E-state index in [2.05, 4.69) is 35.8 Å². The van der Waals surface area contributed by atoms with Crippen LogP contribution in [0.3, 0.4) is 0 Å². The molecule has 0 saturated carbocycles. The van der Waals surface area contributed by atoms with E-state index in [1.54, 1.807) is 11.8 Å². The fourth-order valence-corrected chi connectivity index (χ4v) is 2.45. The van der Waals surface area contributed by atoms with E-state index >= 15 is 0 Å². The molecule has 0 amide bonds. The summed E-state index contributed by atoms with van der Waals surface area (Å²) in [4.78, 5) is 1.27. The molecule has 0 aromatic heterocycles. The number of rotatable bonds is 4. The van der Waals surface area contributed by atoms with Crippen molar-refractivity contribution in [1.29, 1.82) is 0 Å². The first-order valence-electron chi connectivity index (χ1n) is 6.01. The number of morpholine rings is 1. The van der Waals surface area contributed by atoms with Crippen LogP contribution in [0.15, 0.2) is 29.2 Å². The van der Waals surface area contributed by atoms with Crippen LogP contribution in [-0.4, -0.2) is 32.1 Å². The maximum Gasteiger partial charge on any atom is 0.0718 e. The van der Waals surface area contributed by atoms with Crippen LogP contribution in [0.5, 0.6) is 0 Å². The zero-order valence-corrected chi connectivity index (χ0v) is 11.0. The highest BCUT2D eigenvalue weighted by Crippen LogP contribution is 2.21. The third-order valence-corrected chi connectivity index (χ3v) is 3.81. The first kappa shape index (κ1) is 12.9. The van der Waals surface area contributed by atoms with Crippen molar-refractivity contribution in [1.82, 2.24) is 5.32 Å². The summed E-state index contributed by atoms with van der Waals surface area (Å²) in [5.74, 6) is 0. The average Bonchev–Trinajstić information content (AvgIpc) is 2.40. The van der Waals surface area contributed by atoms with Crippen molar-refractivity contribution < 1.29 is 4.74 Å². The lowest BCUT2D eigenvalue weighted by Crippen LogP contribution is -2.40. The smallest absolute Gasteiger partial charge is 0.0718 e. The number of benzene rings is 1. The second kappa shape index (κ2) is 6.40. The Balaban J connectivity index is 1.91. The normalized spacial score (nSPS) is 22.4. The number of ether oxygens (including phenoxy) is 1. The van der Waals surface area contributed by atoms with Gasteiger partial charge in [0.2, 0.25) is 0 Å². The van der Waals surface area contributed by atoms with E-state index in [-0.39, 0.29) is 12.1 Å². The molecule has 1 aliphatic heterocycles. The number of thioether (sulfide) groups is 1. The molecule has 3 nitrogen and oxygen atoms in total. The molecular weight excluding hydrogens is 232 g/mol. The molecule has 94 valence electrons. The van der Waals surface area contributed by atoms with Gasteiger partial charge >= 0.3 is 0 Å². The van der Waals surface area contributed by atoms with Gasteiger partial charge in [0.1, 0.15) is 0 Å². The lowest BCUT2D eigenvalue weighted by atomic mass is 10.0. The van der Waals surface area contributed by atoms with Crippen molar-refractivity contribution in [3.63, 3.8) is 0 Å². The molecule has 3 N–H and O–H groups in total. The van der Waals surface area contributed by atoms with Crippen LogP contribution in [-0.2, 0) is 4.74 Å². The predicted molar refractivity (Wildman–Crippen MR) is 72.4 cm³/mol. The Hall–Kier alpha value is -0.550. The molecule has 1 heterocycles. The number of hydrogen-bond donors (Lipinski definition) is 2. The van der Waals surface area contributed by atoms with Crippen LogP contribution in [0.25, 0.3) is 0 Å². The van der Waals surface area contributed by atoms with E-state index in [9.17, 15) is 0 Å². The molecular formula is C13H20N2OS. The van der Waals surface area contributed by atoms with Crippen LogP contribution in [0.2, 0.25) is 0 Å². The van der Waals surface area contributed by atoms with Crippen LogP contribution >= 0.6 is 11.8 Å². The summed E-state index contributed by atoms with van der Waals surface area (Å²) in [5.41, 5.74) is 7.39. The highest BCUT2D eigenvalue weighted by atomic mass is 32.2. The molecule has 4 heteroatoms. The fraction of sp³-hybridized carbons (Fsp3) is 0.538. The molecule has 17 heavy (non-hydrogen) atoms. The highest BCUT2D eigenvalue weighted by molar-refractivity contribution is 7.98. The zero-order chi connectivity index (χ0) is 12.1. The maximum atomic E-state index is 6.20. The van der Waals surface area contributed by atoms with Crippen molar-refractivity contribution in [2.75, 3.05) is 26.0 Å². The molecule has 0 spiro atoms. The van der Waals surface area contributed by atoms with Gasteiger partial charge < -0.3 is 15.8 Å². The topological polar surface area (TPSA) is 47.3 Å². The predicted octanol–water partition coefficient (Wildman–Crippen LogP) is 1.79. The van der Waals surface area contributed by atoms with E-state index in [0.717, 1.165) is 26.1 Å². The second-order valence-corrected chi connectivity index (χ2v) is 5.19. The Bertz CT molecular complexity index is 336. The monoisotopic (exact) mass is 252 g/mol. The zero-order valence-electron chi connectivity index (χ0n) is 10.2. The summed E-state index contributed by atoms with van der Waals surface area (Å²) in [6, 6.07) is 8.55. The van der Waals surface area contributed by atoms with Gasteiger partial charge in [-0.25, -0.2) is 0 Å². The summed E-state index contributed by atoms with van der Waals surface area (Å²) in [6.07, 6.45) is 3.21. The van der Waals surface area contributed by atoms with Crippen molar-refractivity contribution >= 4 is 11.8 Å². The molecule has 0 radical (unpaired) electrons. The average molecular weight is 252 g/mol. The van der Waals surface area contributed by atoms with Gasteiger partial charge in [-0.15, -0.1) is 11.8 Å². The number of hydrogen-bond acceptors (Lipinski definition) is 4. The van der Waals surface area contributed by atoms with Crippen molar-refractivity contribution in [2.45, 2.75) is 23.5 Å². The fourth-order valence-electron chi connectivity index (χ4n) is 2.04. The SMILES string of the molecule is CSc1ccc(C(N)CC2CNCCO2)cc1. The van der Waals surface area contributed by atoms with Crippen LogP contribution in [0, 0.1) is 0 Å². The Kier molecular flexibility index (Phi) is 4.86. The first-order valence-corrected chi connectivity index (χ1v) is 7.24. The third kappa shape index (κ3) is 3.71. The van der Waals surface area contributed by atoms with Crippen molar-refractivity contribution in [3.8, 4) is 0 Å². The summed E-state index contributed by atoms with van der Waals surface area (Å²) in [7, 11) is 0. The first-order chi connectivity index (χ1) is 8.29. The van der Waals surface area contributed by atoms with Gasteiger partial charge in [-0.1, -0.05) is 12.1 Å². The Morgan fingerprint density at radius 3 is 2.82 bits per heavy atom. The molecule has 1 fully saturated rings. The molecule has 1 aromatic carbocycles. The Morgan fingerprint density at radius 1 is 1.47 bits per heavy atom. The second-order valence-electron chi connectivity index (χ2n) is 4.31. The van der Waals surface area contributed by atoms with E-state index < -0.39 is 0 Å². The summed E-state index contributed by atoms with van der Waals surface area (Å²) in [5, 5.41) is 3.33. The summed E-state index contributed by atoms with van der Waals surface area (Å²) >= 11 is 1.75. The van der Waals surface area contributed by atoms with Crippen molar-refractivity contribution in [3.05, 3.63) is 29.8 Å². The molecule has 1 aliphatic rings. The third-order valence-electron chi connectivity index (χ3n) is 3.07. The number of nitrogens with two attached hydrogens (primary N) is 1. The molecule has 0 aliphatic carbocycles. The molecule has 2 unspecified atom stereocenters. The van der Waals surface area contributed by atoms with Gasteiger partial charge in [-0.3, -0.25) is 0 Å². The van der Waals surface area contributed by atoms with Gasteiger partial charge in [0, 0.05) is 24.0 Å². The van der Waals surface area contributed by atoms with Gasteiger partial charge in [-0.2, -0.15) is 0 Å².